The Kier molecular flexibility index (Phi) is 3.47. The van der Waals surface area contributed by atoms with Gasteiger partial charge in [-0.05, 0) is 47.9 Å². The molecular formula is C17H17FN2O. The molecule has 3 rings (SSSR count). The molecule has 2 aromatic heterocycles. The predicted octanol–water partition coefficient (Wildman–Crippen LogP) is 3.76. The van der Waals surface area contributed by atoms with E-state index in [1.165, 1.54) is 12.1 Å². The van der Waals surface area contributed by atoms with E-state index >= 15 is 0 Å². The molecule has 0 amide bonds. The number of halogens is 1. The maximum atomic E-state index is 13.1. The van der Waals surface area contributed by atoms with Crippen molar-refractivity contribution in [3.8, 4) is 11.3 Å². The van der Waals surface area contributed by atoms with Gasteiger partial charge in [0.15, 0.2) is 0 Å². The predicted molar refractivity (Wildman–Crippen MR) is 80.6 cm³/mol. The van der Waals surface area contributed by atoms with E-state index in [9.17, 15) is 9.50 Å². The molecule has 0 spiro atoms. The van der Waals surface area contributed by atoms with Crippen molar-refractivity contribution in [2.24, 2.45) is 0 Å². The van der Waals surface area contributed by atoms with E-state index in [4.69, 9.17) is 0 Å². The minimum Gasteiger partial charge on any atom is -0.392 e. The Morgan fingerprint density at radius 1 is 1.19 bits per heavy atom. The van der Waals surface area contributed by atoms with Crippen LogP contribution in [0.2, 0.25) is 0 Å². The van der Waals surface area contributed by atoms with Gasteiger partial charge in [-0.25, -0.2) is 8.91 Å². The molecule has 0 aliphatic carbocycles. The Balaban J connectivity index is 2.33. The number of rotatable bonds is 3. The summed E-state index contributed by atoms with van der Waals surface area (Å²) in [5.41, 5.74) is 4.39. The molecule has 3 nitrogen and oxygen atoms in total. The Hall–Kier alpha value is -2.20. The zero-order valence-corrected chi connectivity index (χ0v) is 12.0. The van der Waals surface area contributed by atoms with E-state index in [1.807, 2.05) is 22.8 Å². The van der Waals surface area contributed by atoms with Gasteiger partial charge in [0.2, 0.25) is 0 Å². The van der Waals surface area contributed by atoms with Crippen molar-refractivity contribution < 1.29 is 9.50 Å². The van der Waals surface area contributed by atoms with Gasteiger partial charge < -0.3 is 5.11 Å². The van der Waals surface area contributed by atoms with Crippen LogP contribution in [0.15, 0.2) is 42.6 Å². The Labute approximate surface area is 122 Å². The third-order valence-electron chi connectivity index (χ3n) is 3.68. The fraction of sp³-hybridized carbons (Fsp3) is 0.235. The maximum Gasteiger partial charge on any atom is 0.123 e. The van der Waals surface area contributed by atoms with E-state index in [0.29, 0.717) is 5.69 Å². The number of hydrogen-bond donors (Lipinski definition) is 1. The second-order valence-corrected chi connectivity index (χ2v) is 5.40. The van der Waals surface area contributed by atoms with Crippen molar-refractivity contribution in [1.82, 2.24) is 9.61 Å². The summed E-state index contributed by atoms with van der Waals surface area (Å²) in [5, 5.41) is 14.4. The second-order valence-electron chi connectivity index (χ2n) is 5.40. The van der Waals surface area contributed by atoms with Crippen molar-refractivity contribution >= 4 is 5.52 Å². The quantitative estimate of drug-likeness (QED) is 0.795. The van der Waals surface area contributed by atoms with Gasteiger partial charge in [-0.3, -0.25) is 0 Å². The first-order chi connectivity index (χ1) is 10.1. The molecule has 0 aliphatic rings. The number of aliphatic hydroxyl groups excluding tert-OH is 1. The first-order valence-corrected chi connectivity index (χ1v) is 6.98. The van der Waals surface area contributed by atoms with Crippen LogP contribution in [-0.4, -0.2) is 14.7 Å². The van der Waals surface area contributed by atoms with Crippen LogP contribution in [0.1, 0.15) is 30.9 Å². The third-order valence-corrected chi connectivity index (χ3v) is 3.68. The molecule has 0 atom stereocenters. The molecule has 108 valence electrons. The van der Waals surface area contributed by atoms with Gasteiger partial charge >= 0.3 is 0 Å². The van der Waals surface area contributed by atoms with Crippen molar-refractivity contribution in [3.05, 3.63) is 59.5 Å². The van der Waals surface area contributed by atoms with Crippen LogP contribution in [0.4, 0.5) is 4.39 Å². The number of aliphatic hydroxyl groups is 1. The molecular weight excluding hydrogens is 267 g/mol. The highest BCUT2D eigenvalue weighted by Gasteiger charge is 2.18. The van der Waals surface area contributed by atoms with Gasteiger partial charge in [-0.2, -0.15) is 5.10 Å². The molecule has 0 fully saturated rings. The number of fused-ring (bicyclic) bond motifs is 1. The van der Waals surface area contributed by atoms with Crippen molar-refractivity contribution in [3.63, 3.8) is 0 Å². The summed E-state index contributed by atoms with van der Waals surface area (Å²) in [7, 11) is 0. The van der Waals surface area contributed by atoms with E-state index < -0.39 is 0 Å². The Morgan fingerprint density at radius 3 is 2.52 bits per heavy atom. The lowest BCUT2D eigenvalue weighted by molar-refractivity contribution is 0.280. The lowest BCUT2D eigenvalue weighted by Gasteiger charge is -2.17. The lowest BCUT2D eigenvalue weighted by atomic mass is 9.94. The number of nitrogens with zero attached hydrogens (tertiary/aromatic N) is 2. The molecule has 3 aromatic rings. The monoisotopic (exact) mass is 284 g/mol. The van der Waals surface area contributed by atoms with E-state index in [0.717, 1.165) is 22.2 Å². The van der Waals surface area contributed by atoms with Crippen molar-refractivity contribution in [1.29, 1.82) is 0 Å². The van der Waals surface area contributed by atoms with E-state index in [1.54, 1.807) is 12.1 Å². The summed E-state index contributed by atoms with van der Waals surface area (Å²) in [6.07, 6.45) is 1.88. The van der Waals surface area contributed by atoms with Crippen LogP contribution in [-0.2, 0) is 6.61 Å². The van der Waals surface area contributed by atoms with E-state index in [2.05, 4.69) is 18.9 Å². The number of aromatic nitrogens is 2. The summed E-state index contributed by atoms with van der Waals surface area (Å²) < 4.78 is 14.9. The number of hydrogen-bond acceptors (Lipinski definition) is 2. The molecule has 2 heterocycles. The molecule has 0 radical (unpaired) electrons. The lowest BCUT2D eigenvalue weighted by Crippen LogP contribution is -2.07. The maximum absolute atomic E-state index is 13.1. The zero-order valence-electron chi connectivity index (χ0n) is 12.0. The van der Waals surface area contributed by atoms with Crippen LogP contribution in [0.3, 0.4) is 0 Å². The summed E-state index contributed by atoms with van der Waals surface area (Å²) >= 11 is 0. The fourth-order valence-corrected chi connectivity index (χ4v) is 2.77. The van der Waals surface area contributed by atoms with Crippen molar-refractivity contribution in [2.45, 2.75) is 26.4 Å². The summed E-state index contributed by atoms with van der Waals surface area (Å²) in [5.74, 6) is -0.0258. The van der Waals surface area contributed by atoms with Crippen LogP contribution >= 0.6 is 0 Å². The summed E-state index contributed by atoms with van der Waals surface area (Å²) in [6, 6.07) is 10.1. The summed E-state index contributed by atoms with van der Waals surface area (Å²) in [6.45, 7) is 4.10. The van der Waals surface area contributed by atoms with Gasteiger partial charge in [0.25, 0.3) is 0 Å². The smallest absolute Gasteiger partial charge is 0.123 e. The third kappa shape index (κ3) is 2.32. The molecule has 4 heteroatoms. The van der Waals surface area contributed by atoms with Crippen LogP contribution in [0.25, 0.3) is 16.8 Å². The van der Waals surface area contributed by atoms with Crippen LogP contribution in [0.5, 0.6) is 0 Å². The molecule has 0 unspecified atom stereocenters. The second kappa shape index (κ2) is 5.30. The highest BCUT2D eigenvalue weighted by Crippen LogP contribution is 2.31. The SMILES string of the molecule is CC(C)c1c(CO)c(-c2ccc(F)cc2)nn2cccc12. The summed E-state index contributed by atoms with van der Waals surface area (Å²) in [4.78, 5) is 0. The molecule has 0 saturated heterocycles. The van der Waals surface area contributed by atoms with Gasteiger partial charge in [0.1, 0.15) is 5.82 Å². The Morgan fingerprint density at radius 2 is 1.90 bits per heavy atom. The number of benzene rings is 1. The average molecular weight is 284 g/mol. The van der Waals surface area contributed by atoms with Crippen molar-refractivity contribution in [2.75, 3.05) is 0 Å². The fourth-order valence-electron chi connectivity index (χ4n) is 2.77. The van der Waals surface area contributed by atoms with Crippen LogP contribution in [0, 0.1) is 5.82 Å². The highest BCUT2D eigenvalue weighted by atomic mass is 19.1. The minimum atomic E-state index is -0.282. The molecule has 1 aromatic carbocycles. The molecule has 0 bridgehead atoms. The first-order valence-electron chi connectivity index (χ1n) is 6.98. The topological polar surface area (TPSA) is 37.5 Å². The van der Waals surface area contributed by atoms with E-state index in [-0.39, 0.29) is 18.3 Å². The Bertz CT molecular complexity index is 775. The average Bonchev–Trinajstić information content (AvgIpc) is 2.93. The van der Waals surface area contributed by atoms with Gasteiger partial charge in [-0.15, -0.1) is 0 Å². The van der Waals surface area contributed by atoms with Crippen LogP contribution < -0.4 is 0 Å². The largest absolute Gasteiger partial charge is 0.392 e. The highest BCUT2D eigenvalue weighted by molar-refractivity contribution is 5.70. The molecule has 21 heavy (non-hydrogen) atoms. The standard InChI is InChI=1S/C17H17FN2O/c1-11(2)16-14(10-21)17(12-5-7-13(18)8-6-12)19-20-9-3-4-15(16)20/h3-9,11,21H,10H2,1-2H3. The zero-order chi connectivity index (χ0) is 15.0. The minimum absolute atomic E-state index is 0.0884. The molecule has 1 N–H and O–H groups in total. The van der Waals surface area contributed by atoms with Gasteiger partial charge in [0, 0.05) is 17.3 Å². The molecule has 0 aliphatic heterocycles. The van der Waals surface area contributed by atoms with Gasteiger partial charge in [-0.1, -0.05) is 13.8 Å². The first kappa shape index (κ1) is 13.8. The molecule has 0 saturated carbocycles. The van der Waals surface area contributed by atoms with Gasteiger partial charge in [0.05, 0.1) is 17.8 Å². The normalized spacial score (nSPS) is 11.5.